The smallest absolute Gasteiger partial charge is 0.134 e. The molecular formula is C10H9ClO3. The van der Waals surface area contributed by atoms with Crippen LogP contribution in [-0.2, 0) is 9.59 Å². The molecule has 0 bridgehead atoms. The average molecular weight is 213 g/mol. The molecule has 0 unspecified atom stereocenters. The van der Waals surface area contributed by atoms with Crippen LogP contribution >= 0.6 is 11.6 Å². The highest BCUT2D eigenvalue weighted by Crippen LogP contribution is 2.27. The minimum absolute atomic E-state index is 0.467. The van der Waals surface area contributed by atoms with Gasteiger partial charge < -0.3 is 14.3 Å². The van der Waals surface area contributed by atoms with Crippen LogP contribution < -0.4 is 4.74 Å². The maximum Gasteiger partial charge on any atom is 0.134 e. The molecule has 0 N–H and O–H groups in total. The molecule has 0 amide bonds. The molecule has 0 aromatic heterocycles. The van der Waals surface area contributed by atoms with Crippen LogP contribution in [0.2, 0.25) is 5.02 Å². The van der Waals surface area contributed by atoms with Crippen molar-refractivity contribution < 1.29 is 14.3 Å². The number of hydrogen-bond donors (Lipinski definition) is 0. The summed E-state index contributed by atoms with van der Waals surface area (Å²) in [5.74, 6) is -0.331. The van der Waals surface area contributed by atoms with Crippen LogP contribution in [0.25, 0.3) is 0 Å². The van der Waals surface area contributed by atoms with Crippen molar-refractivity contribution in [3.05, 3.63) is 28.8 Å². The lowest BCUT2D eigenvalue weighted by Crippen LogP contribution is -2.03. The summed E-state index contributed by atoms with van der Waals surface area (Å²) < 4.78 is 5.01. The van der Waals surface area contributed by atoms with Crippen LogP contribution in [0.3, 0.4) is 0 Å². The number of ether oxygens (including phenoxy) is 1. The minimum Gasteiger partial charge on any atom is -0.496 e. The van der Waals surface area contributed by atoms with Crippen molar-refractivity contribution in [1.29, 1.82) is 0 Å². The highest BCUT2D eigenvalue weighted by Gasteiger charge is 2.14. The Hall–Kier alpha value is -1.35. The topological polar surface area (TPSA) is 43.4 Å². The molecule has 14 heavy (non-hydrogen) atoms. The number of carbonyl (C=O) groups excluding carboxylic acids is 2. The first kappa shape index (κ1) is 10.7. The molecule has 0 saturated carbocycles. The summed E-state index contributed by atoms with van der Waals surface area (Å²) in [6, 6.07) is 4.81. The first-order valence-electron chi connectivity index (χ1n) is 3.97. The lowest BCUT2D eigenvalue weighted by Gasteiger charge is -2.09. The molecule has 0 aliphatic rings. The molecule has 0 fully saturated rings. The zero-order valence-electron chi connectivity index (χ0n) is 7.57. The van der Waals surface area contributed by atoms with Crippen LogP contribution in [0.4, 0.5) is 0 Å². The van der Waals surface area contributed by atoms with Crippen molar-refractivity contribution in [3.63, 3.8) is 0 Å². The fraction of sp³-hybridized carbons (Fsp3) is 0.200. The van der Waals surface area contributed by atoms with Gasteiger partial charge in [0.1, 0.15) is 18.3 Å². The van der Waals surface area contributed by atoms with Crippen LogP contribution in [0, 0.1) is 0 Å². The number of aldehydes is 2. The van der Waals surface area contributed by atoms with Gasteiger partial charge in [0.05, 0.1) is 13.0 Å². The highest BCUT2D eigenvalue weighted by atomic mass is 35.5. The third-order valence-electron chi connectivity index (χ3n) is 1.84. The number of halogens is 1. The van der Waals surface area contributed by atoms with Gasteiger partial charge in [0.25, 0.3) is 0 Å². The first-order valence-corrected chi connectivity index (χ1v) is 4.34. The maximum atomic E-state index is 10.6. The second-order valence-corrected chi connectivity index (χ2v) is 3.12. The van der Waals surface area contributed by atoms with Crippen LogP contribution in [0.15, 0.2) is 18.2 Å². The van der Waals surface area contributed by atoms with E-state index in [4.69, 9.17) is 16.3 Å². The van der Waals surface area contributed by atoms with Gasteiger partial charge in [0.15, 0.2) is 0 Å². The molecule has 0 atom stereocenters. The van der Waals surface area contributed by atoms with Gasteiger partial charge >= 0.3 is 0 Å². The maximum absolute atomic E-state index is 10.6. The van der Waals surface area contributed by atoms with Gasteiger partial charge in [-0.25, -0.2) is 0 Å². The van der Waals surface area contributed by atoms with E-state index in [9.17, 15) is 9.59 Å². The van der Waals surface area contributed by atoms with Crippen molar-refractivity contribution in [2.45, 2.75) is 5.92 Å². The Bertz CT molecular complexity index is 341. The molecule has 0 radical (unpaired) electrons. The molecule has 3 nitrogen and oxygen atoms in total. The largest absolute Gasteiger partial charge is 0.496 e. The Labute approximate surface area is 86.6 Å². The van der Waals surface area contributed by atoms with E-state index in [2.05, 4.69) is 0 Å². The van der Waals surface area contributed by atoms with E-state index in [1.165, 1.54) is 7.11 Å². The number of hydrogen-bond acceptors (Lipinski definition) is 3. The third-order valence-corrected chi connectivity index (χ3v) is 2.08. The van der Waals surface area contributed by atoms with E-state index in [-0.39, 0.29) is 0 Å². The molecule has 0 aliphatic carbocycles. The van der Waals surface area contributed by atoms with Gasteiger partial charge in [-0.2, -0.15) is 0 Å². The molecule has 1 rings (SSSR count). The van der Waals surface area contributed by atoms with Gasteiger partial charge in [-0.3, -0.25) is 0 Å². The third kappa shape index (κ3) is 2.12. The van der Waals surface area contributed by atoms with E-state index < -0.39 is 5.92 Å². The van der Waals surface area contributed by atoms with Gasteiger partial charge in [-0.05, 0) is 18.2 Å². The Morgan fingerprint density at radius 1 is 1.36 bits per heavy atom. The van der Waals surface area contributed by atoms with E-state index >= 15 is 0 Å². The van der Waals surface area contributed by atoms with Gasteiger partial charge in [0, 0.05) is 10.6 Å². The van der Waals surface area contributed by atoms with Crippen LogP contribution in [-0.4, -0.2) is 19.7 Å². The summed E-state index contributed by atoms with van der Waals surface area (Å²) in [5.41, 5.74) is 0.491. The van der Waals surface area contributed by atoms with E-state index in [1.807, 2.05) is 0 Å². The van der Waals surface area contributed by atoms with E-state index in [0.29, 0.717) is 28.9 Å². The number of benzene rings is 1. The summed E-state index contributed by atoms with van der Waals surface area (Å²) in [7, 11) is 1.47. The molecule has 4 heteroatoms. The summed E-state index contributed by atoms with van der Waals surface area (Å²) >= 11 is 5.74. The second-order valence-electron chi connectivity index (χ2n) is 2.68. The monoisotopic (exact) mass is 212 g/mol. The summed E-state index contributed by atoms with van der Waals surface area (Å²) in [4.78, 5) is 21.2. The Morgan fingerprint density at radius 2 is 2.00 bits per heavy atom. The van der Waals surface area contributed by atoms with Gasteiger partial charge in [0.2, 0.25) is 0 Å². The fourth-order valence-corrected chi connectivity index (χ4v) is 1.32. The predicted molar refractivity (Wildman–Crippen MR) is 52.9 cm³/mol. The van der Waals surface area contributed by atoms with Gasteiger partial charge in [-0.1, -0.05) is 11.6 Å². The summed E-state index contributed by atoms with van der Waals surface area (Å²) in [6.45, 7) is 0. The van der Waals surface area contributed by atoms with Crippen molar-refractivity contribution in [1.82, 2.24) is 0 Å². The Kier molecular flexibility index (Phi) is 3.65. The Morgan fingerprint density at radius 3 is 2.50 bits per heavy atom. The fourth-order valence-electron chi connectivity index (χ4n) is 1.14. The van der Waals surface area contributed by atoms with Crippen molar-refractivity contribution in [2.75, 3.05) is 7.11 Å². The summed E-state index contributed by atoms with van der Waals surface area (Å²) in [5, 5.41) is 0.467. The molecule has 0 saturated heterocycles. The lowest BCUT2D eigenvalue weighted by atomic mass is 10.0. The van der Waals surface area contributed by atoms with E-state index in [0.717, 1.165) is 0 Å². The predicted octanol–water partition coefficient (Wildman–Crippen LogP) is 1.83. The van der Waals surface area contributed by atoms with Crippen molar-refractivity contribution in [2.24, 2.45) is 0 Å². The quantitative estimate of drug-likeness (QED) is 0.565. The molecule has 0 heterocycles. The lowest BCUT2D eigenvalue weighted by molar-refractivity contribution is -0.116. The standard InChI is InChI=1S/C10H9ClO3/c1-14-10-3-2-8(11)4-9(10)7(5-12)6-13/h2-7H,1H3. The minimum atomic E-state index is -0.816. The Balaban J connectivity index is 3.21. The molecule has 1 aromatic rings. The van der Waals surface area contributed by atoms with Crippen LogP contribution in [0.1, 0.15) is 11.5 Å². The number of methoxy groups -OCH3 is 1. The van der Waals surface area contributed by atoms with E-state index in [1.54, 1.807) is 18.2 Å². The molecule has 0 aliphatic heterocycles. The zero-order chi connectivity index (χ0) is 10.6. The molecule has 1 aromatic carbocycles. The number of carbonyl (C=O) groups is 2. The summed E-state index contributed by atoms with van der Waals surface area (Å²) in [6.07, 6.45) is 1.11. The zero-order valence-corrected chi connectivity index (χ0v) is 8.32. The molecule has 0 spiro atoms. The average Bonchev–Trinajstić information content (AvgIpc) is 2.20. The molecule has 74 valence electrons. The molecular weight excluding hydrogens is 204 g/mol. The van der Waals surface area contributed by atoms with Crippen molar-refractivity contribution >= 4 is 24.2 Å². The SMILES string of the molecule is COc1ccc(Cl)cc1C(C=O)C=O. The van der Waals surface area contributed by atoms with Crippen LogP contribution in [0.5, 0.6) is 5.75 Å². The second kappa shape index (κ2) is 4.77. The highest BCUT2D eigenvalue weighted by molar-refractivity contribution is 6.30. The number of rotatable bonds is 4. The van der Waals surface area contributed by atoms with Crippen molar-refractivity contribution in [3.8, 4) is 5.75 Å². The normalized spacial score (nSPS) is 9.93. The first-order chi connectivity index (χ1) is 6.72. The van der Waals surface area contributed by atoms with Gasteiger partial charge in [-0.15, -0.1) is 0 Å².